The molecule has 0 aromatic heterocycles. The average molecular weight is 138 g/mol. The molecule has 0 bridgehead atoms. The first kappa shape index (κ1) is 7.15. The lowest BCUT2D eigenvalue weighted by atomic mass is 10.4. The maximum Gasteiger partial charge on any atom is 0.476 e. The second-order valence-electron chi connectivity index (χ2n) is 2.25. The van der Waals surface area contributed by atoms with Crippen molar-refractivity contribution in [3.63, 3.8) is 0 Å². The van der Waals surface area contributed by atoms with Crippen LogP contribution in [0.4, 0.5) is 0 Å². The molecule has 0 N–H and O–H groups in total. The van der Waals surface area contributed by atoms with Gasteiger partial charge in [0.15, 0.2) is 0 Å². The lowest BCUT2D eigenvalue weighted by Gasteiger charge is -2.13. The van der Waals surface area contributed by atoms with Crippen LogP contribution in [0.1, 0.15) is 13.3 Å². The maximum atomic E-state index is 10.4. The molecule has 0 saturated heterocycles. The first-order chi connectivity index (χ1) is 4.83. The molecule has 0 aromatic rings. The molecule has 0 aromatic carbocycles. The molecule has 1 rings (SSSR count). The third-order valence-corrected chi connectivity index (χ3v) is 1.41. The van der Waals surface area contributed by atoms with Crippen molar-refractivity contribution in [2.75, 3.05) is 6.54 Å². The van der Waals surface area contributed by atoms with Crippen molar-refractivity contribution in [3.05, 3.63) is 12.3 Å². The summed E-state index contributed by atoms with van der Waals surface area (Å²) in [6.45, 7) is 2.72. The zero-order valence-electron chi connectivity index (χ0n) is 5.95. The number of carbonyl (C=O) groups excluding carboxylic acids is 1. The summed E-state index contributed by atoms with van der Waals surface area (Å²) in [5.74, 6) is 0. The largest absolute Gasteiger partial charge is 0.476 e. The molecule has 3 heteroatoms. The Morgan fingerprint density at radius 2 is 2.50 bits per heavy atom. The van der Waals surface area contributed by atoms with E-state index in [9.17, 15) is 4.79 Å². The third kappa shape index (κ3) is 1.14. The number of hydrogen-bond acceptors (Lipinski definition) is 2. The normalized spacial score (nSPS) is 29.3. The van der Waals surface area contributed by atoms with Gasteiger partial charge in [-0.25, -0.2) is 4.79 Å². The molecule has 1 atom stereocenters. The number of quaternary nitrogens is 1. The number of nitrogens with zero attached hydrogens (tertiary/aromatic N) is 2. The van der Waals surface area contributed by atoms with Crippen molar-refractivity contribution in [1.29, 1.82) is 0 Å². The highest BCUT2D eigenvalue weighted by molar-refractivity contribution is 5.72. The van der Waals surface area contributed by atoms with Gasteiger partial charge in [-0.15, -0.1) is 0 Å². The first-order valence-electron chi connectivity index (χ1n) is 3.33. The van der Waals surface area contributed by atoms with E-state index < -0.39 is 0 Å². The highest BCUT2D eigenvalue weighted by atomic mass is 16.2. The summed E-state index contributed by atoms with van der Waals surface area (Å²) in [5, 5.41) is 3.95. The van der Waals surface area contributed by atoms with Gasteiger partial charge in [0.05, 0.1) is 6.21 Å². The van der Waals surface area contributed by atoms with E-state index in [1.807, 2.05) is 13.3 Å². The van der Waals surface area contributed by atoms with Gasteiger partial charge in [-0.3, -0.25) is 0 Å². The van der Waals surface area contributed by atoms with Crippen LogP contribution in [-0.2, 0) is 4.79 Å². The molecule has 0 fully saturated rings. The highest BCUT2D eigenvalue weighted by Crippen LogP contribution is 2.10. The Bertz CT molecular complexity index is 172. The summed E-state index contributed by atoms with van der Waals surface area (Å²) >= 11 is 0. The minimum Gasteiger partial charge on any atom is -0.211 e. The minimum absolute atomic E-state index is 0.00347. The van der Waals surface area contributed by atoms with Crippen molar-refractivity contribution >= 4 is 12.6 Å². The Balaban J connectivity index is 2.69. The molecule has 1 heterocycles. The van der Waals surface area contributed by atoms with Gasteiger partial charge in [0.1, 0.15) is 12.7 Å². The van der Waals surface area contributed by atoms with Crippen LogP contribution >= 0.6 is 0 Å². The van der Waals surface area contributed by atoms with Crippen molar-refractivity contribution in [1.82, 2.24) is 0 Å². The van der Waals surface area contributed by atoms with Crippen LogP contribution in [0.15, 0.2) is 17.4 Å². The summed E-state index contributed by atoms with van der Waals surface area (Å²) in [7, 11) is 0. The van der Waals surface area contributed by atoms with E-state index in [1.165, 1.54) is 0 Å². The zero-order chi connectivity index (χ0) is 7.45. The maximum absolute atomic E-state index is 10.4. The van der Waals surface area contributed by atoms with E-state index in [0.29, 0.717) is 6.54 Å². The van der Waals surface area contributed by atoms with E-state index in [2.05, 4.69) is 5.10 Å². The molecule has 10 heavy (non-hydrogen) atoms. The molecular weight excluding hydrogens is 128 g/mol. The van der Waals surface area contributed by atoms with Crippen molar-refractivity contribution in [2.24, 2.45) is 5.10 Å². The number of allylic oxidation sites excluding steroid dienone is 1. The first-order valence-corrected chi connectivity index (χ1v) is 3.33. The lowest BCUT2D eigenvalue weighted by molar-refractivity contribution is -0.789. The molecule has 1 aliphatic rings. The van der Waals surface area contributed by atoms with Crippen LogP contribution in [0.25, 0.3) is 0 Å². The van der Waals surface area contributed by atoms with E-state index in [0.717, 1.165) is 6.42 Å². The van der Waals surface area contributed by atoms with E-state index >= 15 is 0 Å². The predicted octanol–water partition coefficient (Wildman–Crippen LogP) is 0.793. The number of rotatable bonds is 3. The number of hydrogen-bond donors (Lipinski definition) is 0. The molecule has 0 saturated carbocycles. The molecule has 3 nitrogen and oxygen atoms in total. The fraction of sp³-hybridized carbons (Fsp3) is 0.429. The van der Waals surface area contributed by atoms with Crippen LogP contribution in [0.3, 0.4) is 0 Å². The predicted molar refractivity (Wildman–Crippen MR) is 38.7 cm³/mol. The van der Waals surface area contributed by atoms with Crippen LogP contribution in [0.5, 0.6) is 0 Å². The van der Waals surface area contributed by atoms with E-state index in [1.54, 1.807) is 18.5 Å². The molecule has 1 unspecified atom stereocenters. The Morgan fingerprint density at radius 1 is 1.70 bits per heavy atom. The fourth-order valence-electron chi connectivity index (χ4n) is 0.950. The van der Waals surface area contributed by atoms with Crippen LogP contribution in [0, 0.1) is 0 Å². The van der Waals surface area contributed by atoms with Gasteiger partial charge in [0.25, 0.3) is 0 Å². The number of amides is 1. The third-order valence-electron chi connectivity index (χ3n) is 1.41. The Labute approximate surface area is 60.2 Å². The monoisotopic (exact) mass is 138 g/mol. The smallest absolute Gasteiger partial charge is 0.211 e. The molecule has 1 amide bonds. The van der Waals surface area contributed by atoms with Crippen molar-refractivity contribution < 1.29 is 9.39 Å². The summed E-state index contributed by atoms with van der Waals surface area (Å²) < 4.78 is -0.00347. The van der Waals surface area contributed by atoms with Crippen molar-refractivity contribution in [2.45, 2.75) is 13.3 Å². The Kier molecular flexibility index (Phi) is 1.97. The van der Waals surface area contributed by atoms with Gasteiger partial charge in [0.2, 0.25) is 0 Å². The molecular formula is C7H10N2O+. The quantitative estimate of drug-likeness (QED) is 0.530. The SMILES string of the molecule is CCC[N+]1([C]=O)C=CC=N1. The van der Waals surface area contributed by atoms with Gasteiger partial charge >= 0.3 is 6.41 Å². The molecule has 53 valence electrons. The van der Waals surface area contributed by atoms with Gasteiger partial charge in [-0.2, -0.15) is 0 Å². The van der Waals surface area contributed by atoms with Gasteiger partial charge in [0, 0.05) is 6.08 Å². The molecule has 0 spiro atoms. The van der Waals surface area contributed by atoms with Gasteiger partial charge in [-0.1, -0.05) is 16.6 Å². The average Bonchev–Trinajstić information content (AvgIpc) is 2.39. The second-order valence-corrected chi connectivity index (χ2v) is 2.25. The van der Waals surface area contributed by atoms with Crippen LogP contribution in [0.2, 0.25) is 0 Å². The van der Waals surface area contributed by atoms with E-state index in [-0.39, 0.29) is 4.59 Å². The van der Waals surface area contributed by atoms with Crippen LogP contribution in [-0.4, -0.2) is 23.8 Å². The topological polar surface area (TPSA) is 29.4 Å². The van der Waals surface area contributed by atoms with Crippen molar-refractivity contribution in [3.8, 4) is 0 Å². The summed E-state index contributed by atoms with van der Waals surface area (Å²) in [5.41, 5.74) is 0. The lowest BCUT2D eigenvalue weighted by Crippen LogP contribution is -2.34. The zero-order valence-corrected chi connectivity index (χ0v) is 5.95. The summed E-state index contributed by atoms with van der Waals surface area (Å²) in [4.78, 5) is 10.4. The molecule has 1 radical (unpaired) electrons. The standard InChI is InChI=1S/C7H10N2O/c1-2-5-9(7-10)6-3-4-8-9/h3-4,6H,2,5H2,1H3/q+1. The Hall–Kier alpha value is -0.960. The summed E-state index contributed by atoms with van der Waals surface area (Å²) in [6.07, 6.45) is 7.93. The Morgan fingerprint density at radius 3 is 2.90 bits per heavy atom. The minimum atomic E-state index is -0.00347. The van der Waals surface area contributed by atoms with E-state index in [4.69, 9.17) is 0 Å². The highest BCUT2D eigenvalue weighted by Gasteiger charge is 2.27. The second kappa shape index (κ2) is 2.75. The van der Waals surface area contributed by atoms with Crippen LogP contribution < -0.4 is 0 Å². The summed E-state index contributed by atoms with van der Waals surface area (Å²) in [6, 6.07) is 0. The fourth-order valence-corrected chi connectivity index (χ4v) is 0.950. The van der Waals surface area contributed by atoms with Gasteiger partial charge in [-0.05, 0) is 6.42 Å². The molecule has 0 aliphatic carbocycles. The van der Waals surface area contributed by atoms with Gasteiger partial charge < -0.3 is 0 Å². The molecule has 1 aliphatic heterocycles.